The van der Waals surface area contributed by atoms with E-state index in [9.17, 15) is 9.18 Å². The van der Waals surface area contributed by atoms with Crippen LogP contribution in [0.2, 0.25) is 0 Å². The van der Waals surface area contributed by atoms with E-state index in [1.54, 1.807) is 29.4 Å². The van der Waals surface area contributed by atoms with E-state index in [1.165, 1.54) is 12.1 Å². The molecule has 0 aliphatic carbocycles. The quantitative estimate of drug-likeness (QED) is 0.785. The van der Waals surface area contributed by atoms with Crippen LogP contribution in [0, 0.1) is 5.82 Å². The van der Waals surface area contributed by atoms with Gasteiger partial charge >= 0.3 is 0 Å². The maximum Gasteiger partial charge on any atom is 0.256 e. The number of amides is 1. The molecule has 0 saturated carbocycles. The number of carbonyl (C=O) groups is 1. The molecule has 1 unspecified atom stereocenters. The Kier molecular flexibility index (Phi) is 3.68. The van der Waals surface area contributed by atoms with Gasteiger partial charge in [-0.1, -0.05) is 12.1 Å². The molecule has 1 aliphatic heterocycles. The predicted molar refractivity (Wildman–Crippen MR) is 86.0 cm³/mol. The van der Waals surface area contributed by atoms with E-state index in [-0.39, 0.29) is 17.4 Å². The summed E-state index contributed by atoms with van der Waals surface area (Å²) in [5.41, 5.74) is 2.32. The number of fused-ring (bicyclic) bond motifs is 1. The monoisotopic (exact) mass is 325 g/mol. The minimum absolute atomic E-state index is 0.0937. The van der Waals surface area contributed by atoms with Crippen molar-refractivity contribution in [2.75, 3.05) is 13.1 Å². The lowest BCUT2D eigenvalue weighted by Crippen LogP contribution is -2.39. The van der Waals surface area contributed by atoms with Gasteiger partial charge in [0.2, 0.25) is 0 Å². The van der Waals surface area contributed by atoms with Gasteiger partial charge < -0.3 is 4.90 Å². The molecule has 1 aromatic carbocycles. The molecule has 7 heteroatoms. The fourth-order valence-corrected chi connectivity index (χ4v) is 3.26. The molecule has 1 amide bonds. The summed E-state index contributed by atoms with van der Waals surface area (Å²) in [5.74, 6) is -0.661. The van der Waals surface area contributed by atoms with Crippen molar-refractivity contribution in [2.24, 2.45) is 0 Å². The third kappa shape index (κ3) is 2.51. The van der Waals surface area contributed by atoms with Crippen LogP contribution >= 0.6 is 0 Å². The van der Waals surface area contributed by atoms with E-state index in [0.717, 1.165) is 24.1 Å². The maximum absolute atomic E-state index is 13.9. The minimum atomic E-state index is -0.484. The summed E-state index contributed by atoms with van der Waals surface area (Å²) in [6.45, 7) is 1.14. The molecule has 1 saturated heterocycles. The first-order valence-corrected chi connectivity index (χ1v) is 7.93. The largest absolute Gasteiger partial charge is 0.338 e. The summed E-state index contributed by atoms with van der Waals surface area (Å²) in [6.07, 6.45) is 5.01. The average Bonchev–Trinajstić information content (AvgIpc) is 3.06. The smallest absolute Gasteiger partial charge is 0.256 e. The molecule has 6 nitrogen and oxygen atoms in total. The van der Waals surface area contributed by atoms with Crippen molar-refractivity contribution >= 4 is 17.1 Å². The van der Waals surface area contributed by atoms with E-state index in [4.69, 9.17) is 0 Å². The van der Waals surface area contributed by atoms with Gasteiger partial charge in [-0.15, -0.1) is 0 Å². The van der Waals surface area contributed by atoms with Gasteiger partial charge in [0, 0.05) is 31.4 Å². The zero-order valence-corrected chi connectivity index (χ0v) is 12.9. The second-order valence-electron chi connectivity index (χ2n) is 5.94. The number of halogens is 1. The standard InChI is InChI=1S/C17H16FN5O/c18-13-6-2-1-5-12(13)17(24)23-9-3-4-11(10-23)14-15-16(22-21-14)20-8-7-19-15/h1-2,5-8,11H,3-4,9-10H2,(H,20,21,22). The number of carbonyl (C=O) groups excluding carboxylic acids is 1. The Morgan fingerprint density at radius 3 is 2.96 bits per heavy atom. The van der Waals surface area contributed by atoms with Crippen LogP contribution in [0.4, 0.5) is 4.39 Å². The van der Waals surface area contributed by atoms with Crippen molar-refractivity contribution < 1.29 is 9.18 Å². The maximum atomic E-state index is 13.9. The second kappa shape index (κ2) is 5.99. The zero-order valence-electron chi connectivity index (χ0n) is 12.9. The first-order chi connectivity index (χ1) is 11.7. The molecule has 0 radical (unpaired) electrons. The fraction of sp³-hybridized carbons (Fsp3) is 0.294. The summed E-state index contributed by atoms with van der Waals surface area (Å²) in [4.78, 5) is 22.8. The number of aromatic nitrogens is 4. The van der Waals surface area contributed by atoms with Gasteiger partial charge in [-0.3, -0.25) is 9.89 Å². The number of hydrogen-bond acceptors (Lipinski definition) is 4. The number of benzene rings is 1. The number of piperidine rings is 1. The lowest BCUT2D eigenvalue weighted by atomic mass is 9.93. The molecule has 2 aromatic heterocycles. The summed E-state index contributed by atoms with van der Waals surface area (Å²) < 4.78 is 13.9. The molecule has 3 aromatic rings. The molecule has 1 aliphatic rings. The van der Waals surface area contributed by atoms with E-state index < -0.39 is 5.82 Å². The number of nitrogens with one attached hydrogen (secondary N) is 1. The van der Waals surface area contributed by atoms with Gasteiger partial charge in [0.1, 0.15) is 11.3 Å². The highest BCUT2D eigenvalue weighted by atomic mass is 19.1. The normalized spacial score (nSPS) is 18.0. The van der Waals surface area contributed by atoms with Crippen LogP contribution in [-0.2, 0) is 0 Å². The lowest BCUT2D eigenvalue weighted by Gasteiger charge is -2.32. The number of likely N-dealkylation sites (tertiary alicyclic amines) is 1. The van der Waals surface area contributed by atoms with Gasteiger partial charge in [-0.2, -0.15) is 5.10 Å². The van der Waals surface area contributed by atoms with Gasteiger partial charge in [-0.05, 0) is 25.0 Å². The number of nitrogens with zero attached hydrogens (tertiary/aromatic N) is 4. The highest BCUT2D eigenvalue weighted by molar-refractivity contribution is 5.94. The fourth-order valence-electron chi connectivity index (χ4n) is 3.26. The van der Waals surface area contributed by atoms with Crippen LogP contribution in [0.1, 0.15) is 34.8 Å². The number of hydrogen-bond donors (Lipinski definition) is 1. The Morgan fingerprint density at radius 2 is 2.08 bits per heavy atom. The van der Waals surface area contributed by atoms with Crippen LogP contribution in [-0.4, -0.2) is 44.1 Å². The third-order valence-corrected chi connectivity index (χ3v) is 4.44. The van der Waals surface area contributed by atoms with E-state index in [0.29, 0.717) is 18.7 Å². The molecule has 24 heavy (non-hydrogen) atoms. The van der Waals surface area contributed by atoms with Gasteiger partial charge in [0.05, 0.1) is 11.3 Å². The van der Waals surface area contributed by atoms with Crippen LogP contribution in [0.3, 0.4) is 0 Å². The Morgan fingerprint density at radius 1 is 1.25 bits per heavy atom. The SMILES string of the molecule is O=C(c1ccccc1F)N1CCCC(c2[nH]nc3nccnc23)C1. The van der Waals surface area contributed by atoms with Crippen molar-refractivity contribution in [1.29, 1.82) is 0 Å². The topological polar surface area (TPSA) is 74.8 Å². The summed E-state index contributed by atoms with van der Waals surface area (Å²) in [6, 6.07) is 6.10. The minimum Gasteiger partial charge on any atom is -0.338 e. The highest BCUT2D eigenvalue weighted by Crippen LogP contribution is 2.29. The van der Waals surface area contributed by atoms with Crippen molar-refractivity contribution in [3.05, 3.63) is 53.7 Å². The van der Waals surface area contributed by atoms with Crippen LogP contribution in [0.5, 0.6) is 0 Å². The number of rotatable bonds is 2. The van der Waals surface area contributed by atoms with Crippen molar-refractivity contribution in [3.63, 3.8) is 0 Å². The number of aromatic amines is 1. The summed E-state index contributed by atoms with van der Waals surface area (Å²) in [7, 11) is 0. The van der Waals surface area contributed by atoms with Gasteiger partial charge in [0.15, 0.2) is 5.65 Å². The molecule has 1 fully saturated rings. The van der Waals surface area contributed by atoms with Crippen LogP contribution in [0.25, 0.3) is 11.2 Å². The van der Waals surface area contributed by atoms with E-state index >= 15 is 0 Å². The molecule has 0 bridgehead atoms. The summed E-state index contributed by atoms with van der Waals surface area (Å²) in [5, 5.41) is 7.18. The van der Waals surface area contributed by atoms with E-state index in [2.05, 4.69) is 20.2 Å². The molecule has 1 atom stereocenters. The Balaban J connectivity index is 1.60. The molecule has 4 rings (SSSR count). The zero-order chi connectivity index (χ0) is 16.5. The van der Waals surface area contributed by atoms with Gasteiger partial charge in [-0.25, -0.2) is 14.4 Å². The lowest BCUT2D eigenvalue weighted by molar-refractivity contribution is 0.0701. The molecule has 1 N–H and O–H groups in total. The van der Waals surface area contributed by atoms with Crippen LogP contribution in [0.15, 0.2) is 36.7 Å². The van der Waals surface area contributed by atoms with Crippen molar-refractivity contribution in [2.45, 2.75) is 18.8 Å². The number of H-pyrrole nitrogens is 1. The van der Waals surface area contributed by atoms with Crippen LogP contribution < -0.4 is 0 Å². The molecule has 122 valence electrons. The summed E-state index contributed by atoms with van der Waals surface area (Å²) >= 11 is 0. The Labute approximate surface area is 137 Å². The van der Waals surface area contributed by atoms with Crippen molar-refractivity contribution in [1.82, 2.24) is 25.1 Å². The molecular formula is C17H16FN5O. The Bertz CT molecular complexity index is 893. The highest BCUT2D eigenvalue weighted by Gasteiger charge is 2.29. The van der Waals surface area contributed by atoms with Crippen molar-refractivity contribution in [3.8, 4) is 0 Å². The van der Waals surface area contributed by atoms with E-state index in [1.807, 2.05) is 0 Å². The predicted octanol–water partition coefficient (Wildman–Crippen LogP) is 2.51. The Hall–Kier alpha value is -2.83. The third-order valence-electron chi connectivity index (χ3n) is 4.44. The second-order valence-corrected chi connectivity index (χ2v) is 5.94. The first kappa shape index (κ1) is 14.7. The molecule has 3 heterocycles. The molecule has 0 spiro atoms. The average molecular weight is 325 g/mol. The van der Waals surface area contributed by atoms with Gasteiger partial charge in [0.25, 0.3) is 5.91 Å². The first-order valence-electron chi connectivity index (χ1n) is 7.93. The molecular weight excluding hydrogens is 309 g/mol.